The standard InChI is InChI=1S/C17H13FN4OS/c18-14-5-3-13(4-6-14)17-21-15(11-24-17)8-16(23)22-20-10-12-2-1-7-19-9-12/h1-7,9-11H,8H2,(H,22,23)/b20-10-. The summed E-state index contributed by atoms with van der Waals surface area (Å²) >= 11 is 1.41. The van der Waals surface area contributed by atoms with Crippen LogP contribution in [0.15, 0.2) is 59.3 Å². The zero-order chi connectivity index (χ0) is 16.8. The Kier molecular flexibility index (Phi) is 5.02. The van der Waals surface area contributed by atoms with Gasteiger partial charge in [-0.1, -0.05) is 6.07 Å². The molecule has 2 aromatic heterocycles. The highest BCUT2D eigenvalue weighted by Gasteiger charge is 2.08. The van der Waals surface area contributed by atoms with Crippen LogP contribution in [0.2, 0.25) is 0 Å². The van der Waals surface area contributed by atoms with Gasteiger partial charge in [-0.2, -0.15) is 5.10 Å². The lowest BCUT2D eigenvalue weighted by Crippen LogP contribution is -2.19. The van der Waals surface area contributed by atoms with Crippen molar-refractivity contribution >= 4 is 23.5 Å². The predicted molar refractivity (Wildman–Crippen MR) is 91.2 cm³/mol. The minimum Gasteiger partial charge on any atom is -0.273 e. The molecule has 0 fully saturated rings. The summed E-state index contributed by atoms with van der Waals surface area (Å²) in [5.41, 5.74) is 4.72. The van der Waals surface area contributed by atoms with E-state index in [9.17, 15) is 9.18 Å². The molecule has 7 heteroatoms. The Hall–Kier alpha value is -2.93. The molecule has 0 saturated carbocycles. The summed E-state index contributed by atoms with van der Waals surface area (Å²) in [6.45, 7) is 0. The molecule has 3 rings (SSSR count). The van der Waals surface area contributed by atoms with Crippen LogP contribution >= 0.6 is 11.3 Å². The van der Waals surface area contributed by atoms with E-state index in [2.05, 4.69) is 20.5 Å². The second-order valence-electron chi connectivity index (χ2n) is 4.91. The first kappa shape index (κ1) is 15.9. The topological polar surface area (TPSA) is 67.2 Å². The number of nitrogens with zero attached hydrogens (tertiary/aromatic N) is 3. The molecule has 24 heavy (non-hydrogen) atoms. The SMILES string of the molecule is O=C(Cc1csc(-c2ccc(F)cc2)n1)N/N=C\c1cccnc1. The smallest absolute Gasteiger partial charge is 0.246 e. The second-order valence-corrected chi connectivity index (χ2v) is 5.77. The molecule has 1 aromatic carbocycles. The highest BCUT2D eigenvalue weighted by molar-refractivity contribution is 7.13. The van der Waals surface area contributed by atoms with Crippen molar-refractivity contribution in [3.05, 3.63) is 71.2 Å². The van der Waals surface area contributed by atoms with Gasteiger partial charge in [-0.25, -0.2) is 14.8 Å². The minimum atomic E-state index is -0.290. The Morgan fingerprint density at radius 2 is 2.12 bits per heavy atom. The number of hydrazone groups is 1. The van der Waals surface area contributed by atoms with E-state index < -0.39 is 0 Å². The predicted octanol–water partition coefficient (Wildman–Crippen LogP) is 3.04. The zero-order valence-electron chi connectivity index (χ0n) is 12.5. The van der Waals surface area contributed by atoms with Crippen LogP contribution in [0.4, 0.5) is 4.39 Å². The molecule has 120 valence electrons. The Morgan fingerprint density at radius 1 is 1.29 bits per heavy atom. The first-order chi connectivity index (χ1) is 11.7. The fourth-order valence-electron chi connectivity index (χ4n) is 1.95. The van der Waals surface area contributed by atoms with Crippen LogP contribution in [0.25, 0.3) is 10.6 Å². The van der Waals surface area contributed by atoms with Crippen LogP contribution in [0.1, 0.15) is 11.3 Å². The van der Waals surface area contributed by atoms with Crippen LogP contribution < -0.4 is 5.43 Å². The van der Waals surface area contributed by atoms with Crippen molar-refractivity contribution in [2.45, 2.75) is 6.42 Å². The van der Waals surface area contributed by atoms with Crippen LogP contribution in [0.5, 0.6) is 0 Å². The third-order valence-corrected chi connectivity index (χ3v) is 4.01. The minimum absolute atomic E-state index is 0.127. The van der Waals surface area contributed by atoms with E-state index in [1.54, 1.807) is 30.6 Å². The van der Waals surface area contributed by atoms with Crippen LogP contribution in [-0.2, 0) is 11.2 Å². The van der Waals surface area contributed by atoms with Gasteiger partial charge < -0.3 is 0 Å². The molecule has 1 N–H and O–H groups in total. The molecule has 0 aliphatic carbocycles. The molecule has 1 amide bonds. The fraction of sp³-hybridized carbons (Fsp3) is 0.0588. The van der Waals surface area contributed by atoms with Gasteiger partial charge in [-0.3, -0.25) is 9.78 Å². The van der Waals surface area contributed by atoms with Gasteiger partial charge in [0.2, 0.25) is 5.91 Å². The monoisotopic (exact) mass is 340 g/mol. The molecule has 2 heterocycles. The average molecular weight is 340 g/mol. The number of nitrogens with one attached hydrogen (secondary N) is 1. The third-order valence-electron chi connectivity index (χ3n) is 3.07. The highest BCUT2D eigenvalue weighted by Crippen LogP contribution is 2.23. The summed E-state index contributed by atoms with van der Waals surface area (Å²) in [6, 6.07) is 9.71. The maximum Gasteiger partial charge on any atom is 0.246 e. The summed E-state index contributed by atoms with van der Waals surface area (Å²) < 4.78 is 12.9. The van der Waals surface area contributed by atoms with E-state index >= 15 is 0 Å². The summed E-state index contributed by atoms with van der Waals surface area (Å²) in [6.07, 6.45) is 4.96. The number of carbonyl (C=O) groups excluding carboxylic acids is 1. The van der Waals surface area contributed by atoms with Gasteiger partial charge in [0.15, 0.2) is 0 Å². The number of amides is 1. The Balaban J connectivity index is 1.57. The molecule has 0 aliphatic rings. The summed E-state index contributed by atoms with van der Waals surface area (Å²) in [5.74, 6) is -0.549. The number of rotatable bonds is 5. The Morgan fingerprint density at radius 3 is 2.88 bits per heavy atom. The molecule has 0 atom stereocenters. The molecule has 0 bridgehead atoms. The van der Waals surface area contributed by atoms with Crippen LogP contribution in [-0.4, -0.2) is 22.1 Å². The molecular formula is C17H13FN4OS. The van der Waals surface area contributed by atoms with Gasteiger partial charge in [0.05, 0.1) is 18.3 Å². The number of thiazole rings is 1. The lowest BCUT2D eigenvalue weighted by molar-refractivity contribution is -0.120. The third kappa shape index (κ3) is 4.30. The first-order valence-electron chi connectivity index (χ1n) is 7.13. The molecule has 3 aromatic rings. The summed E-state index contributed by atoms with van der Waals surface area (Å²) in [5, 5.41) is 6.44. The lowest BCUT2D eigenvalue weighted by Gasteiger charge is -1.97. The van der Waals surface area contributed by atoms with Gasteiger partial charge in [0, 0.05) is 28.9 Å². The molecule has 0 radical (unpaired) electrons. The Bertz CT molecular complexity index is 847. The molecule has 0 unspecified atom stereocenters. The van der Waals surface area contributed by atoms with Gasteiger partial charge >= 0.3 is 0 Å². The number of hydrogen-bond donors (Lipinski definition) is 1. The number of carbonyl (C=O) groups is 1. The number of hydrogen-bond acceptors (Lipinski definition) is 5. The van der Waals surface area contributed by atoms with E-state index in [-0.39, 0.29) is 18.1 Å². The summed E-state index contributed by atoms with van der Waals surface area (Å²) in [4.78, 5) is 20.2. The van der Waals surface area contributed by atoms with Gasteiger partial charge in [-0.15, -0.1) is 11.3 Å². The number of aromatic nitrogens is 2. The van der Waals surface area contributed by atoms with E-state index in [0.717, 1.165) is 16.1 Å². The van der Waals surface area contributed by atoms with E-state index in [0.29, 0.717) is 5.69 Å². The average Bonchev–Trinajstić information content (AvgIpc) is 3.05. The number of pyridine rings is 1. The Labute approximate surface area is 141 Å². The number of benzene rings is 1. The normalized spacial score (nSPS) is 10.9. The van der Waals surface area contributed by atoms with Crippen molar-refractivity contribution in [2.24, 2.45) is 5.10 Å². The van der Waals surface area contributed by atoms with Crippen molar-refractivity contribution < 1.29 is 9.18 Å². The van der Waals surface area contributed by atoms with E-state index in [4.69, 9.17) is 0 Å². The molecule has 0 saturated heterocycles. The summed E-state index contributed by atoms with van der Waals surface area (Å²) in [7, 11) is 0. The van der Waals surface area contributed by atoms with Crippen molar-refractivity contribution in [1.29, 1.82) is 0 Å². The van der Waals surface area contributed by atoms with Crippen molar-refractivity contribution in [2.75, 3.05) is 0 Å². The quantitative estimate of drug-likeness (QED) is 0.573. The molecular weight excluding hydrogens is 327 g/mol. The van der Waals surface area contributed by atoms with Crippen molar-refractivity contribution in [3.63, 3.8) is 0 Å². The molecule has 0 spiro atoms. The van der Waals surface area contributed by atoms with Gasteiger partial charge in [0.1, 0.15) is 10.8 Å². The van der Waals surface area contributed by atoms with Crippen LogP contribution in [0.3, 0.4) is 0 Å². The fourth-order valence-corrected chi connectivity index (χ4v) is 2.77. The highest BCUT2D eigenvalue weighted by atomic mass is 32.1. The van der Waals surface area contributed by atoms with Crippen molar-refractivity contribution in [1.82, 2.24) is 15.4 Å². The molecule has 5 nitrogen and oxygen atoms in total. The van der Waals surface area contributed by atoms with E-state index in [1.165, 1.54) is 29.7 Å². The second kappa shape index (κ2) is 7.56. The van der Waals surface area contributed by atoms with Gasteiger partial charge in [0.25, 0.3) is 0 Å². The number of halogens is 1. The molecule has 0 aliphatic heterocycles. The van der Waals surface area contributed by atoms with Gasteiger partial charge in [-0.05, 0) is 30.3 Å². The lowest BCUT2D eigenvalue weighted by atomic mass is 10.2. The van der Waals surface area contributed by atoms with E-state index in [1.807, 2.05) is 11.4 Å². The maximum absolute atomic E-state index is 12.9. The first-order valence-corrected chi connectivity index (χ1v) is 8.01. The largest absolute Gasteiger partial charge is 0.273 e. The maximum atomic E-state index is 12.9. The van der Waals surface area contributed by atoms with Crippen molar-refractivity contribution in [3.8, 4) is 10.6 Å². The van der Waals surface area contributed by atoms with Crippen LogP contribution in [0, 0.1) is 5.82 Å². The zero-order valence-corrected chi connectivity index (χ0v) is 13.3.